The molecule has 0 N–H and O–H groups in total. The molecule has 158 valence electrons. The van der Waals surface area contributed by atoms with Crippen molar-refractivity contribution in [1.29, 1.82) is 0 Å². The fourth-order valence-corrected chi connectivity index (χ4v) is 4.59. The number of rotatable bonds is 5. The Kier molecular flexibility index (Phi) is 5.45. The van der Waals surface area contributed by atoms with E-state index in [0.717, 1.165) is 42.2 Å². The van der Waals surface area contributed by atoms with Gasteiger partial charge in [-0.15, -0.1) is 0 Å². The maximum absolute atomic E-state index is 12.5. The Balaban J connectivity index is 1.47. The summed E-state index contributed by atoms with van der Waals surface area (Å²) in [6.45, 7) is 3.80. The minimum absolute atomic E-state index is 0.0345. The molecule has 2 amide bonds. The summed E-state index contributed by atoms with van der Waals surface area (Å²) < 4.78 is 10.8. The quantitative estimate of drug-likeness (QED) is 0.325. The highest BCUT2D eigenvalue weighted by Crippen LogP contribution is 2.38. The first-order valence-corrected chi connectivity index (χ1v) is 10.5. The smallest absolute Gasteiger partial charge is 0.336 e. The van der Waals surface area contributed by atoms with E-state index in [1.165, 1.54) is 11.0 Å². The van der Waals surface area contributed by atoms with Crippen LogP contribution in [0.1, 0.15) is 50.2 Å². The Labute approximate surface area is 174 Å². The van der Waals surface area contributed by atoms with E-state index in [0.29, 0.717) is 17.8 Å². The number of fused-ring (bicyclic) bond motifs is 2. The number of likely N-dealkylation sites (tertiary alicyclic amines) is 1. The Hall–Kier alpha value is -2.96. The van der Waals surface area contributed by atoms with Crippen LogP contribution < -0.4 is 10.4 Å². The van der Waals surface area contributed by atoms with E-state index in [9.17, 15) is 19.2 Å². The Morgan fingerprint density at radius 2 is 1.77 bits per heavy atom. The molecule has 7 heteroatoms. The van der Waals surface area contributed by atoms with E-state index in [-0.39, 0.29) is 36.6 Å². The standard InChI is InChI=1S/C23H25NO6/c1-3-14-11-17-13(2)10-21(26)30-19(17)12-18(14)29-20(25)8-9-24-22(27)15-6-4-5-7-16(15)23(24)28/h10-12,15-16H,3-9H2,1-2H3/t15-,16-/m0/s1. The van der Waals surface area contributed by atoms with Gasteiger partial charge in [0.15, 0.2) is 0 Å². The van der Waals surface area contributed by atoms with Gasteiger partial charge in [-0.1, -0.05) is 19.8 Å². The molecular weight excluding hydrogens is 386 g/mol. The zero-order valence-electron chi connectivity index (χ0n) is 17.2. The van der Waals surface area contributed by atoms with Crippen LogP contribution in [0.25, 0.3) is 11.0 Å². The fourth-order valence-electron chi connectivity index (χ4n) is 4.59. The van der Waals surface area contributed by atoms with Gasteiger partial charge in [0.25, 0.3) is 0 Å². The maximum atomic E-state index is 12.5. The van der Waals surface area contributed by atoms with Crippen molar-refractivity contribution < 1.29 is 23.5 Å². The van der Waals surface area contributed by atoms with Crippen molar-refractivity contribution in [2.45, 2.75) is 52.4 Å². The van der Waals surface area contributed by atoms with E-state index < -0.39 is 11.6 Å². The summed E-state index contributed by atoms with van der Waals surface area (Å²) in [5.74, 6) is -0.961. The van der Waals surface area contributed by atoms with Gasteiger partial charge < -0.3 is 9.15 Å². The number of amides is 2. The van der Waals surface area contributed by atoms with Gasteiger partial charge in [-0.2, -0.15) is 0 Å². The number of benzene rings is 1. The van der Waals surface area contributed by atoms with Crippen molar-refractivity contribution >= 4 is 28.8 Å². The summed E-state index contributed by atoms with van der Waals surface area (Å²) in [5, 5.41) is 0.794. The van der Waals surface area contributed by atoms with E-state index >= 15 is 0 Å². The molecule has 30 heavy (non-hydrogen) atoms. The molecule has 2 atom stereocenters. The second kappa shape index (κ2) is 8.05. The summed E-state index contributed by atoms with van der Waals surface area (Å²) in [7, 11) is 0. The van der Waals surface area contributed by atoms with Crippen LogP contribution in [0.4, 0.5) is 0 Å². The number of nitrogens with zero attached hydrogens (tertiary/aromatic N) is 1. The van der Waals surface area contributed by atoms with Gasteiger partial charge in [-0.25, -0.2) is 4.79 Å². The maximum Gasteiger partial charge on any atom is 0.336 e. The number of ether oxygens (including phenoxy) is 1. The molecule has 4 rings (SSSR count). The van der Waals surface area contributed by atoms with Crippen LogP contribution in [-0.2, 0) is 20.8 Å². The lowest BCUT2D eigenvalue weighted by Crippen LogP contribution is -2.33. The number of imide groups is 1. The second-order valence-electron chi connectivity index (χ2n) is 8.11. The summed E-state index contributed by atoms with van der Waals surface area (Å²) in [6, 6.07) is 4.84. The predicted octanol–water partition coefficient (Wildman–Crippen LogP) is 3.13. The third-order valence-electron chi connectivity index (χ3n) is 6.21. The molecule has 0 bridgehead atoms. The van der Waals surface area contributed by atoms with E-state index in [1.807, 2.05) is 19.9 Å². The molecule has 0 radical (unpaired) electrons. The van der Waals surface area contributed by atoms with Gasteiger partial charge in [0, 0.05) is 24.1 Å². The molecule has 2 fully saturated rings. The first kappa shape index (κ1) is 20.3. The highest BCUT2D eigenvalue weighted by Gasteiger charge is 2.47. The van der Waals surface area contributed by atoms with Crippen LogP contribution in [0.5, 0.6) is 5.75 Å². The molecule has 0 spiro atoms. The number of carbonyl (C=O) groups excluding carboxylic acids is 3. The third kappa shape index (κ3) is 3.64. The summed E-state index contributed by atoms with van der Waals surface area (Å²) >= 11 is 0. The first-order chi connectivity index (χ1) is 14.4. The minimum Gasteiger partial charge on any atom is -0.426 e. The Morgan fingerprint density at radius 3 is 2.40 bits per heavy atom. The van der Waals surface area contributed by atoms with Crippen LogP contribution >= 0.6 is 0 Å². The zero-order chi connectivity index (χ0) is 21.4. The molecule has 1 aliphatic carbocycles. The number of carbonyl (C=O) groups is 3. The lowest BCUT2D eigenvalue weighted by atomic mass is 9.81. The van der Waals surface area contributed by atoms with Crippen molar-refractivity contribution in [3.05, 3.63) is 39.7 Å². The van der Waals surface area contributed by atoms with Gasteiger partial charge in [-0.3, -0.25) is 19.3 Å². The van der Waals surface area contributed by atoms with Crippen molar-refractivity contribution in [2.75, 3.05) is 6.54 Å². The molecule has 0 unspecified atom stereocenters. The van der Waals surface area contributed by atoms with Gasteiger partial charge in [-0.05, 0) is 43.4 Å². The number of esters is 1. The van der Waals surface area contributed by atoms with Crippen LogP contribution in [0.15, 0.2) is 27.4 Å². The monoisotopic (exact) mass is 411 g/mol. The van der Waals surface area contributed by atoms with Crippen LogP contribution in [0.3, 0.4) is 0 Å². The summed E-state index contributed by atoms with van der Waals surface area (Å²) in [5.41, 5.74) is 1.50. The molecule has 1 saturated carbocycles. The molecule has 2 aromatic rings. The highest BCUT2D eigenvalue weighted by molar-refractivity contribution is 6.05. The lowest BCUT2D eigenvalue weighted by molar-refractivity contribution is -0.141. The molecule has 2 heterocycles. The fraction of sp³-hybridized carbons (Fsp3) is 0.478. The average Bonchev–Trinajstić information content (AvgIpc) is 2.96. The lowest BCUT2D eigenvalue weighted by Gasteiger charge is -2.19. The van der Waals surface area contributed by atoms with Crippen LogP contribution in [-0.4, -0.2) is 29.2 Å². The summed E-state index contributed by atoms with van der Waals surface area (Å²) in [6.07, 6.45) is 3.98. The Morgan fingerprint density at radius 1 is 1.10 bits per heavy atom. The molecule has 7 nitrogen and oxygen atoms in total. The molecule has 1 aliphatic heterocycles. The predicted molar refractivity (Wildman–Crippen MR) is 109 cm³/mol. The van der Waals surface area contributed by atoms with Crippen LogP contribution in [0, 0.1) is 18.8 Å². The SMILES string of the molecule is CCc1cc2c(C)cc(=O)oc2cc1OC(=O)CCN1C(=O)[C@H]2CCCC[C@@H]2C1=O. The van der Waals surface area contributed by atoms with Crippen molar-refractivity contribution in [3.63, 3.8) is 0 Å². The Bertz CT molecular complexity index is 1060. The highest BCUT2D eigenvalue weighted by atomic mass is 16.5. The van der Waals surface area contributed by atoms with E-state index in [2.05, 4.69) is 0 Å². The van der Waals surface area contributed by atoms with Crippen molar-refractivity contribution in [3.8, 4) is 5.75 Å². The topological polar surface area (TPSA) is 93.9 Å². The summed E-state index contributed by atoms with van der Waals surface area (Å²) in [4.78, 5) is 50.5. The van der Waals surface area contributed by atoms with Crippen molar-refractivity contribution in [1.82, 2.24) is 4.90 Å². The molecule has 1 aromatic carbocycles. The molecule has 2 aliphatic rings. The van der Waals surface area contributed by atoms with Gasteiger partial charge in [0.05, 0.1) is 18.3 Å². The largest absolute Gasteiger partial charge is 0.426 e. The van der Waals surface area contributed by atoms with Gasteiger partial charge in [0.2, 0.25) is 11.8 Å². The molecular formula is C23H25NO6. The molecule has 1 aromatic heterocycles. The normalized spacial score (nSPS) is 21.2. The van der Waals surface area contributed by atoms with Crippen LogP contribution in [0.2, 0.25) is 0 Å². The molecule has 1 saturated heterocycles. The first-order valence-electron chi connectivity index (χ1n) is 10.5. The average molecular weight is 411 g/mol. The van der Waals surface area contributed by atoms with Gasteiger partial charge in [0.1, 0.15) is 11.3 Å². The second-order valence-corrected chi connectivity index (χ2v) is 8.11. The van der Waals surface area contributed by atoms with Gasteiger partial charge >= 0.3 is 11.6 Å². The number of aryl methyl sites for hydroxylation is 2. The number of hydrogen-bond acceptors (Lipinski definition) is 6. The van der Waals surface area contributed by atoms with E-state index in [4.69, 9.17) is 9.15 Å². The van der Waals surface area contributed by atoms with E-state index in [1.54, 1.807) is 6.07 Å². The van der Waals surface area contributed by atoms with Crippen molar-refractivity contribution in [2.24, 2.45) is 11.8 Å². The third-order valence-corrected chi connectivity index (χ3v) is 6.21. The minimum atomic E-state index is -0.533. The number of hydrogen-bond donors (Lipinski definition) is 0. The zero-order valence-corrected chi connectivity index (χ0v) is 17.2.